The maximum atomic E-state index is 9.81. The molecule has 0 aliphatic heterocycles. The van der Waals surface area contributed by atoms with Gasteiger partial charge in [0.15, 0.2) is 17.5 Å². The van der Waals surface area contributed by atoms with Crippen LogP contribution in [0.2, 0.25) is 0 Å². The molecule has 0 saturated carbocycles. The fraction of sp³-hybridized carbons (Fsp3) is 0.0698. The zero-order chi connectivity index (χ0) is 32.0. The lowest BCUT2D eigenvalue weighted by Gasteiger charge is -2.22. The number of hydrogen-bond donors (Lipinski definition) is 0. The van der Waals surface area contributed by atoms with Gasteiger partial charge in [-0.15, -0.1) is 0 Å². The van der Waals surface area contributed by atoms with Gasteiger partial charge in [-0.1, -0.05) is 141 Å². The summed E-state index contributed by atoms with van der Waals surface area (Å²) in [5.74, 6) is 1.89. The maximum Gasteiger partial charge on any atom is 0.164 e. The normalized spacial score (nSPS) is 12.6. The monoisotopic (exact) mass is 602 g/mol. The third-order valence-corrected chi connectivity index (χ3v) is 9.19. The van der Waals surface area contributed by atoms with Crippen molar-refractivity contribution in [2.45, 2.75) is 19.3 Å². The van der Waals surface area contributed by atoms with Crippen molar-refractivity contribution >= 4 is 0 Å². The first-order chi connectivity index (χ1) is 23.0. The number of hydrogen-bond acceptors (Lipinski definition) is 4. The molecule has 0 amide bonds. The molecule has 1 aromatic heterocycles. The largest absolute Gasteiger partial charge is 0.208 e. The highest BCUT2D eigenvalue weighted by Gasteiger charge is 2.37. The molecule has 4 heteroatoms. The van der Waals surface area contributed by atoms with Gasteiger partial charge in [0.05, 0.1) is 11.6 Å². The molecule has 47 heavy (non-hydrogen) atoms. The van der Waals surface area contributed by atoms with Gasteiger partial charge in [0.25, 0.3) is 0 Å². The molecule has 1 aliphatic carbocycles. The van der Waals surface area contributed by atoms with E-state index in [0.29, 0.717) is 17.5 Å². The molecule has 0 saturated heterocycles. The average Bonchev–Trinajstić information content (AvgIpc) is 3.38. The lowest BCUT2D eigenvalue weighted by atomic mass is 9.81. The Labute approximate surface area is 274 Å². The molecule has 222 valence electrons. The molecule has 1 heterocycles. The van der Waals surface area contributed by atoms with E-state index in [-0.39, 0.29) is 5.41 Å². The Morgan fingerprint density at radius 2 is 0.936 bits per heavy atom. The van der Waals surface area contributed by atoms with E-state index in [1.54, 1.807) is 0 Å². The summed E-state index contributed by atoms with van der Waals surface area (Å²) < 4.78 is 0. The van der Waals surface area contributed by atoms with Crippen LogP contribution in [0.5, 0.6) is 0 Å². The molecule has 0 unspecified atom stereocenters. The van der Waals surface area contributed by atoms with Gasteiger partial charge in [0.1, 0.15) is 0 Å². The van der Waals surface area contributed by atoms with Gasteiger partial charge in [-0.3, -0.25) is 0 Å². The van der Waals surface area contributed by atoms with Crippen molar-refractivity contribution in [2.75, 3.05) is 0 Å². The summed E-state index contributed by atoms with van der Waals surface area (Å²) >= 11 is 0. The first-order valence-corrected chi connectivity index (χ1v) is 15.8. The van der Waals surface area contributed by atoms with E-state index in [9.17, 15) is 5.26 Å². The highest BCUT2D eigenvalue weighted by Crippen LogP contribution is 2.50. The first kappa shape index (κ1) is 28.3. The van der Waals surface area contributed by atoms with Gasteiger partial charge < -0.3 is 0 Å². The number of nitriles is 1. The average molecular weight is 603 g/mol. The van der Waals surface area contributed by atoms with Gasteiger partial charge in [0.2, 0.25) is 0 Å². The van der Waals surface area contributed by atoms with Gasteiger partial charge in [-0.25, -0.2) is 15.0 Å². The molecule has 7 aromatic rings. The fourth-order valence-electron chi connectivity index (χ4n) is 6.69. The number of benzene rings is 6. The van der Waals surface area contributed by atoms with E-state index in [4.69, 9.17) is 15.0 Å². The SMILES string of the molecule is CC1(C)c2cc(-c3ccc(-c4nc(-c5ccccc5)nc(-c5cccc(-c6ccccc6)c5)n4)cc3)ccc2-c2c(C#N)cccc21. The molecule has 0 atom stereocenters. The van der Waals surface area contributed by atoms with Crippen LogP contribution in [0.25, 0.3) is 67.5 Å². The molecule has 4 nitrogen and oxygen atoms in total. The number of fused-ring (bicyclic) bond motifs is 3. The zero-order valence-corrected chi connectivity index (χ0v) is 26.1. The summed E-state index contributed by atoms with van der Waals surface area (Å²) in [5.41, 5.74) is 12.5. The second-order valence-corrected chi connectivity index (χ2v) is 12.4. The van der Waals surface area contributed by atoms with Crippen LogP contribution in [-0.2, 0) is 5.41 Å². The molecule has 0 fully saturated rings. The number of nitrogens with zero attached hydrogens (tertiary/aromatic N) is 4. The zero-order valence-electron chi connectivity index (χ0n) is 26.1. The third kappa shape index (κ3) is 4.99. The predicted octanol–water partition coefficient (Wildman–Crippen LogP) is 10.4. The quantitative estimate of drug-likeness (QED) is 0.197. The van der Waals surface area contributed by atoms with E-state index in [1.165, 1.54) is 11.1 Å². The first-order valence-electron chi connectivity index (χ1n) is 15.8. The van der Waals surface area contributed by atoms with Crippen LogP contribution < -0.4 is 0 Å². The smallest absolute Gasteiger partial charge is 0.164 e. The second kappa shape index (κ2) is 11.3. The Morgan fingerprint density at radius 1 is 0.447 bits per heavy atom. The van der Waals surface area contributed by atoms with E-state index in [0.717, 1.165) is 55.6 Å². The maximum absolute atomic E-state index is 9.81. The minimum Gasteiger partial charge on any atom is -0.208 e. The molecular formula is C43H30N4. The Kier molecular flexibility index (Phi) is 6.82. The summed E-state index contributed by atoms with van der Waals surface area (Å²) in [5, 5.41) is 9.81. The Balaban J connectivity index is 1.18. The van der Waals surface area contributed by atoms with Gasteiger partial charge >= 0.3 is 0 Å². The van der Waals surface area contributed by atoms with Crippen LogP contribution in [0.3, 0.4) is 0 Å². The lowest BCUT2D eigenvalue weighted by Crippen LogP contribution is -2.15. The van der Waals surface area contributed by atoms with Crippen molar-refractivity contribution < 1.29 is 0 Å². The lowest BCUT2D eigenvalue weighted by molar-refractivity contribution is 0.660. The predicted molar refractivity (Wildman–Crippen MR) is 189 cm³/mol. The molecule has 0 spiro atoms. The molecule has 0 radical (unpaired) electrons. The van der Waals surface area contributed by atoms with Gasteiger partial charge in [0, 0.05) is 27.7 Å². The van der Waals surface area contributed by atoms with E-state index in [1.807, 2.05) is 60.7 Å². The Bertz CT molecular complexity index is 2320. The van der Waals surface area contributed by atoms with Gasteiger partial charge in [-0.2, -0.15) is 5.26 Å². The van der Waals surface area contributed by atoms with E-state index in [2.05, 4.69) is 105 Å². The van der Waals surface area contributed by atoms with Crippen molar-refractivity contribution in [1.29, 1.82) is 5.26 Å². The standard InChI is InChI=1S/C43H30N4/c1-43(2)37-18-10-17-35(27-44)39(37)36-24-23-33(26-38(36)43)29-19-21-31(22-20-29)41-45-40(30-13-7-4-8-14-30)46-42(47-41)34-16-9-15-32(25-34)28-11-5-3-6-12-28/h3-26H,1-2H3. The Hall–Kier alpha value is -6.18. The van der Waals surface area contributed by atoms with Crippen molar-refractivity contribution in [3.63, 3.8) is 0 Å². The fourth-order valence-corrected chi connectivity index (χ4v) is 6.69. The van der Waals surface area contributed by atoms with Crippen LogP contribution in [0.15, 0.2) is 146 Å². The van der Waals surface area contributed by atoms with Crippen molar-refractivity contribution in [1.82, 2.24) is 15.0 Å². The highest BCUT2D eigenvalue weighted by molar-refractivity contribution is 5.87. The van der Waals surface area contributed by atoms with Crippen LogP contribution in [0.4, 0.5) is 0 Å². The van der Waals surface area contributed by atoms with Crippen LogP contribution in [0.1, 0.15) is 30.5 Å². The summed E-state index contributed by atoms with van der Waals surface area (Å²) in [6.07, 6.45) is 0. The minimum absolute atomic E-state index is 0.194. The minimum atomic E-state index is -0.194. The highest BCUT2D eigenvalue weighted by atomic mass is 15.0. The Morgan fingerprint density at radius 3 is 1.62 bits per heavy atom. The van der Waals surface area contributed by atoms with Crippen LogP contribution in [0, 0.1) is 11.3 Å². The summed E-state index contributed by atoms with van der Waals surface area (Å²) in [4.78, 5) is 14.9. The van der Waals surface area contributed by atoms with Crippen molar-refractivity contribution in [3.05, 3.63) is 162 Å². The van der Waals surface area contributed by atoms with Crippen molar-refractivity contribution in [3.8, 4) is 73.6 Å². The third-order valence-electron chi connectivity index (χ3n) is 9.19. The molecule has 6 aromatic carbocycles. The second-order valence-electron chi connectivity index (χ2n) is 12.4. The molecule has 0 bridgehead atoms. The molecule has 1 aliphatic rings. The summed E-state index contributed by atoms with van der Waals surface area (Å²) in [6.45, 7) is 4.48. The molecule has 0 N–H and O–H groups in total. The van der Waals surface area contributed by atoms with Crippen molar-refractivity contribution in [2.24, 2.45) is 0 Å². The van der Waals surface area contributed by atoms with Gasteiger partial charge in [-0.05, 0) is 57.1 Å². The molecule has 8 rings (SSSR count). The van der Waals surface area contributed by atoms with E-state index < -0.39 is 0 Å². The van der Waals surface area contributed by atoms with E-state index >= 15 is 0 Å². The topological polar surface area (TPSA) is 62.5 Å². The number of aromatic nitrogens is 3. The van der Waals surface area contributed by atoms with Crippen LogP contribution >= 0.6 is 0 Å². The van der Waals surface area contributed by atoms with Crippen LogP contribution in [-0.4, -0.2) is 15.0 Å². The summed E-state index contributed by atoms with van der Waals surface area (Å²) in [6, 6.07) is 52.2. The number of rotatable bonds is 5. The molecular weight excluding hydrogens is 573 g/mol. The summed E-state index contributed by atoms with van der Waals surface area (Å²) in [7, 11) is 0.